The van der Waals surface area contributed by atoms with Crippen LogP contribution in [0.2, 0.25) is 0 Å². The SMILES string of the molecule is Cc1cc(NC(=O)N2CCOCC2CC(C)C)ccc1Br. The molecule has 4 nitrogen and oxygen atoms in total. The fraction of sp³-hybridized carbons (Fsp3) is 0.562. The van der Waals surface area contributed by atoms with Crippen molar-refractivity contribution in [2.75, 3.05) is 25.1 Å². The van der Waals surface area contributed by atoms with Gasteiger partial charge in [0.2, 0.25) is 0 Å². The fourth-order valence-electron chi connectivity index (χ4n) is 2.58. The van der Waals surface area contributed by atoms with Crippen molar-refractivity contribution < 1.29 is 9.53 Å². The Bertz CT molecular complexity index is 505. The minimum absolute atomic E-state index is 0.0364. The summed E-state index contributed by atoms with van der Waals surface area (Å²) in [5.74, 6) is 0.543. The summed E-state index contributed by atoms with van der Waals surface area (Å²) in [6.07, 6.45) is 0.965. The smallest absolute Gasteiger partial charge is 0.322 e. The van der Waals surface area contributed by atoms with E-state index in [2.05, 4.69) is 35.1 Å². The highest BCUT2D eigenvalue weighted by molar-refractivity contribution is 9.10. The number of morpholine rings is 1. The van der Waals surface area contributed by atoms with E-state index >= 15 is 0 Å². The molecule has 1 aromatic carbocycles. The molecule has 0 aliphatic carbocycles. The van der Waals surface area contributed by atoms with E-state index < -0.39 is 0 Å². The Balaban J connectivity index is 2.04. The molecule has 0 spiro atoms. The van der Waals surface area contributed by atoms with E-state index in [0.29, 0.717) is 25.7 Å². The number of benzene rings is 1. The highest BCUT2D eigenvalue weighted by Crippen LogP contribution is 2.21. The van der Waals surface area contributed by atoms with E-state index in [9.17, 15) is 4.79 Å². The summed E-state index contributed by atoms with van der Waals surface area (Å²) in [5.41, 5.74) is 1.93. The molecule has 5 heteroatoms. The molecule has 1 saturated heterocycles. The monoisotopic (exact) mass is 354 g/mol. The maximum absolute atomic E-state index is 12.5. The third-order valence-corrected chi connectivity index (χ3v) is 4.53. The number of anilines is 1. The van der Waals surface area contributed by atoms with Gasteiger partial charge in [-0.1, -0.05) is 29.8 Å². The van der Waals surface area contributed by atoms with Crippen LogP contribution in [0, 0.1) is 12.8 Å². The van der Waals surface area contributed by atoms with E-state index in [4.69, 9.17) is 4.74 Å². The van der Waals surface area contributed by atoms with Gasteiger partial charge in [-0.25, -0.2) is 4.79 Å². The number of hydrogen-bond acceptors (Lipinski definition) is 2. The molecule has 0 saturated carbocycles. The van der Waals surface area contributed by atoms with Crippen LogP contribution < -0.4 is 5.32 Å². The molecule has 0 aromatic heterocycles. The number of ether oxygens (including phenoxy) is 1. The van der Waals surface area contributed by atoms with Gasteiger partial charge in [0.25, 0.3) is 0 Å². The van der Waals surface area contributed by atoms with Crippen LogP contribution in [0.4, 0.5) is 10.5 Å². The average Bonchev–Trinajstić information content (AvgIpc) is 2.43. The molecule has 1 fully saturated rings. The lowest BCUT2D eigenvalue weighted by atomic mass is 10.0. The first-order valence-corrected chi connectivity index (χ1v) is 8.18. The predicted molar refractivity (Wildman–Crippen MR) is 88.7 cm³/mol. The molecule has 1 N–H and O–H groups in total. The van der Waals surface area contributed by atoms with E-state index in [0.717, 1.165) is 22.1 Å². The largest absolute Gasteiger partial charge is 0.377 e. The van der Waals surface area contributed by atoms with Crippen LogP contribution >= 0.6 is 15.9 Å². The van der Waals surface area contributed by atoms with Crippen molar-refractivity contribution in [3.05, 3.63) is 28.2 Å². The summed E-state index contributed by atoms with van der Waals surface area (Å²) in [6.45, 7) is 8.24. The minimum Gasteiger partial charge on any atom is -0.377 e. The van der Waals surface area contributed by atoms with E-state index in [1.165, 1.54) is 0 Å². The standard InChI is InChI=1S/C16H23BrN2O2/c1-11(2)8-14-10-21-7-6-19(14)16(20)18-13-4-5-15(17)12(3)9-13/h4-5,9,11,14H,6-8,10H2,1-3H3,(H,18,20). The Morgan fingerprint density at radius 2 is 2.29 bits per heavy atom. The van der Waals surface area contributed by atoms with Crippen molar-refractivity contribution in [1.82, 2.24) is 4.90 Å². The Hall–Kier alpha value is -1.07. The molecule has 1 atom stereocenters. The Morgan fingerprint density at radius 1 is 1.52 bits per heavy atom. The van der Waals surface area contributed by atoms with Gasteiger partial charge in [0.15, 0.2) is 0 Å². The van der Waals surface area contributed by atoms with Gasteiger partial charge in [0.05, 0.1) is 19.3 Å². The summed E-state index contributed by atoms with van der Waals surface area (Å²) >= 11 is 3.47. The minimum atomic E-state index is -0.0364. The van der Waals surface area contributed by atoms with E-state index in [1.807, 2.05) is 30.0 Å². The molecule has 1 aliphatic rings. The number of urea groups is 1. The molecule has 1 aliphatic heterocycles. The number of nitrogens with one attached hydrogen (secondary N) is 1. The molecule has 1 heterocycles. The molecular weight excluding hydrogens is 332 g/mol. The Kier molecular flexibility index (Phi) is 5.65. The summed E-state index contributed by atoms with van der Waals surface area (Å²) in [4.78, 5) is 14.4. The number of carbonyl (C=O) groups is 1. The normalized spacial score (nSPS) is 18.9. The van der Waals surface area contributed by atoms with Crippen molar-refractivity contribution >= 4 is 27.6 Å². The topological polar surface area (TPSA) is 41.6 Å². The van der Waals surface area contributed by atoms with Crippen LogP contribution in [-0.4, -0.2) is 36.7 Å². The molecular formula is C16H23BrN2O2. The van der Waals surface area contributed by atoms with Crippen LogP contribution in [0.15, 0.2) is 22.7 Å². The van der Waals surface area contributed by atoms with Crippen LogP contribution in [-0.2, 0) is 4.74 Å². The lowest BCUT2D eigenvalue weighted by Crippen LogP contribution is -2.50. The molecule has 1 unspecified atom stereocenters. The van der Waals surface area contributed by atoms with Crippen molar-refractivity contribution in [2.24, 2.45) is 5.92 Å². The lowest BCUT2D eigenvalue weighted by molar-refractivity contribution is 0.00857. The number of hydrogen-bond donors (Lipinski definition) is 1. The molecule has 21 heavy (non-hydrogen) atoms. The van der Waals surface area contributed by atoms with Crippen molar-refractivity contribution in [1.29, 1.82) is 0 Å². The number of halogens is 1. The highest BCUT2D eigenvalue weighted by atomic mass is 79.9. The summed E-state index contributed by atoms with van der Waals surface area (Å²) in [5, 5.41) is 2.99. The second-order valence-corrected chi connectivity index (χ2v) is 6.80. The molecule has 116 valence electrons. The maximum atomic E-state index is 12.5. The zero-order chi connectivity index (χ0) is 15.4. The van der Waals surface area contributed by atoms with Gasteiger partial charge in [-0.15, -0.1) is 0 Å². The first-order chi connectivity index (χ1) is 9.97. The van der Waals surface area contributed by atoms with E-state index in [1.54, 1.807) is 0 Å². The van der Waals surface area contributed by atoms with Gasteiger partial charge in [0, 0.05) is 16.7 Å². The summed E-state index contributed by atoms with van der Waals surface area (Å²) in [7, 11) is 0. The summed E-state index contributed by atoms with van der Waals surface area (Å²) < 4.78 is 6.57. The Labute approximate surface area is 135 Å². The van der Waals surface area contributed by atoms with Gasteiger partial charge in [-0.3, -0.25) is 0 Å². The van der Waals surface area contributed by atoms with Crippen LogP contribution in [0.5, 0.6) is 0 Å². The van der Waals surface area contributed by atoms with Gasteiger partial charge in [-0.05, 0) is 43.0 Å². The second-order valence-electron chi connectivity index (χ2n) is 5.95. The third-order valence-electron chi connectivity index (χ3n) is 3.64. The quantitative estimate of drug-likeness (QED) is 0.889. The molecule has 2 rings (SSSR count). The number of rotatable bonds is 3. The first-order valence-electron chi connectivity index (χ1n) is 7.39. The highest BCUT2D eigenvalue weighted by Gasteiger charge is 2.27. The number of nitrogens with zero attached hydrogens (tertiary/aromatic N) is 1. The Morgan fingerprint density at radius 3 is 2.95 bits per heavy atom. The second kappa shape index (κ2) is 7.27. The fourth-order valence-corrected chi connectivity index (χ4v) is 2.83. The first kappa shape index (κ1) is 16.3. The third kappa shape index (κ3) is 4.45. The van der Waals surface area contributed by atoms with Crippen molar-refractivity contribution in [3.8, 4) is 0 Å². The van der Waals surface area contributed by atoms with Crippen molar-refractivity contribution in [3.63, 3.8) is 0 Å². The molecule has 1 aromatic rings. The average molecular weight is 355 g/mol. The van der Waals surface area contributed by atoms with Gasteiger partial charge in [-0.2, -0.15) is 0 Å². The molecule has 0 bridgehead atoms. The van der Waals surface area contributed by atoms with Crippen LogP contribution in [0.3, 0.4) is 0 Å². The lowest BCUT2D eigenvalue weighted by Gasteiger charge is -2.36. The number of carbonyl (C=O) groups excluding carboxylic acids is 1. The number of aryl methyl sites for hydroxylation is 1. The van der Waals surface area contributed by atoms with Crippen LogP contribution in [0.1, 0.15) is 25.8 Å². The molecule has 0 radical (unpaired) electrons. The molecule has 2 amide bonds. The van der Waals surface area contributed by atoms with Crippen LogP contribution in [0.25, 0.3) is 0 Å². The van der Waals surface area contributed by atoms with E-state index in [-0.39, 0.29) is 12.1 Å². The summed E-state index contributed by atoms with van der Waals surface area (Å²) in [6, 6.07) is 5.96. The van der Waals surface area contributed by atoms with Crippen molar-refractivity contribution in [2.45, 2.75) is 33.2 Å². The maximum Gasteiger partial charge on any atom is 0.322 e. The van der Waals surface area contributed by atoms with Gasteiger partial charge >= 0.3 is 6.03 Å². The van der Waals surface area contributed by atoms with Gasteiger partial charge < -0.3 is 15.0 Å². The zero-order valence-electron chi connectivity index (χ0n) is 12.9. The number of amides is 2. The predicted octanol–water partition coefficient (Wildman–Crippen LogP) is 4.04. The van der Waals surface area contributed by atoms with Gasteiger partial charge in [0.1, 0.15) is 0 Å². The zero-order valence-corrected chi connectivity index (χ0v) is 14.4.